The summed E-state index contributed by atoms with van der Waals surface area (Å²) in [6, 6.07) is 17.8. The summed E-state index contributed by atoms with van der Waals surface area (Å²) in [4.78, 5) is 22.5. The quantitative estimate of drug-likeness (QED) is 0.803. The number of urea groups is 1. The van der Waals surface area contributed by atoms with E-state index in [0.29, 0.717) is 11.4 Å². The van der Waals surface area contributed by atoms with Crippen molar-refractivity contribution in [2.75, 3.05) is 25.1 Å². The first kappa shape index (κ1) is 15.6. The van der Waals surface area contributed by atoms with Gasteiger partial charge in [-0.3, -0.25) is 20.5 Å². The Balaban J connectivity index is 2.05. The van der Waals surface area contributed by atoms with Crippen molar-refractivity contribution in [1.82, 2.24) is 10.3 Å². The molecule has 2 amide bonds. The number of rotatable bonds is 6. The second-order valence-corrected chi connectivity index (χ2v) is 4.19. The minimum Gasteiger partial charge on any atom is -0.270 e. The highest BCUT2D eigenvalue weighted by Crippen LogP contribution is 2.11. The number of hydroxylamine groups is 2. The number of amides is 2. The van der Waals surface area contributed by atoms with Crippen LogP contribution < -0.4 is 10.9 Å². The summed E-state index contributed by atoms with van der Waals surface area (Å²) in [6.45, 7) is 0. The first-order valence-corrected chi connectivity index (χ1v) is 6.60. The van der Waals surface area contributed by atoms with E-state index in [1.807, 2.05) is 36.4 Å². The van der Waals surface area contributed by atoms with Gasteiger partial charge >= 0.3 is 6.03 Å². The SMILES string of the molecule is CON(Nc1ccccc1)C(=O)N(Nc1ccccc1)OC. The standard InChI is InChI=1S/C15H18N4O3/c1-21-18(16-13-9-5-3-6-10-13)15(20)19(22-2)17-14-11-7-4-8-12-14/h3-12,16-17H,1-2H3. The molecule has 0 saturated heterocycles. The number of hydrogen-bond acceptors (Lipinski definition) is 5. The smallest absolute Gasteiger partial charge is 0.270 e. The van der Waals surface area contributed by atoms with E-state index in [4.69, 9.17) is 9.68 Å². The Morgan fingerprint density at radius 3 is 1.45 bits per heavy atom. The summed E-state index contributed by atoms with van der Waals surface area (Å²) in [7, 11) is 2.76. The molecular weight excluding hydrogens is 284 g/mol. The van der Waals surface area contributed by atoms with Crippen LogP contribution in [0.3, 0.4) is 0 Å². The Kier molecular flexibility index (Phi) is 5.58. The van der Waals surface area contributed by atoms with Crippen molar-refractivity contribution in [3.8, 4) is 0 Å². The molecule has 0 radical (unpaired) electrons. The monoisotopic (exact) mass is 302 g/mol. The van der Waals surface area contributed by atoms with Gasteiger partial charge in [-0.1, -0.05) is 36.4 Å². The van der Waals surface area contributed by atoms with Crippen molar-refractivity contribution in [2.45, 2.75) is 0 Å². The van der Waals surface area contributed by atoms with Gasteiger partial charge in [-0.05, 0) is 24.3 Å². The maximum Gasteiger partial charge on any atom is 0.407 e. The zero-order valence-electron chi connectivity index (χ0n) is 12.4. The van der Waals surface area contributed by atoms with Crippen LogP contribution in [0.5, 0.6) is 0 Å². The molecule has 2 N–H and O–H groups in total. The number of hydrazine groups is 2. The molecule has 0 unspecified atom stereocenters. The van der Waals surface area contributed by atoms with E-state index >= 15 is 0 Å². The minimum atomic E-state index is -0.572. The van der Waals surface area contributed by atoms with Crippen LogP contribution >= 0.6 is 0 Å². The van der Waals surface area contributed by atoms with E-state index in [9.17, 15) is 4.79 Å². The van der Waals surface area contributed by atoms with Crippen LogP contribution in [0.1, 0.15) is 0 Å². The molecule has 0 spiro atoms. The number of carbonyl (C=O) groups excluding carboxylic acids is 1. The van der Waals surface area contributed by atoms with Gasteiger partial charge in [0.2, 0.25) is 0 Å². The van der Waals surface area contributed by atoms with Gasteiger partial charge in [-0.25, -0.2) is 4.79 Å². The molecule has 0 aliphatic rings. The Labute approximate surface area is 128 Å². The third kappa shape index (κ3) is 4.11. The molecule has 22 heavy (non-hydrogen) atoms. The first-order valence-electron chi connectivity index (χ1n) is 6.60. The molecule has 7 nitrogen and oxygen atoms in total. The molecule has 0 fully saturated rings. The fourth-order valence-electron chi connectivity index (χ4n) is 1.69. The molecule has 7 heteroatoms. The number of nitrogens with zero attached hydrogens (tertiary/aromatic N) is 2. The lowest BCUT2D eigenvalue weighted by Crippen LogP contribution is -2.47. The van der Waals surface area contributed by atoms with Crippen LogP contribution in [0.2, 0.25) is 0 Å². The number of anilines is 2. The molecule has 0 aliphatic heterocycles. The molecule has 2 rings (SSSR count). The summed E-state index contributed by atoms with van der Waals surface area (Å²) in [6.07, 6.45) is 0. The highest BCUT2D eigenvalue weighted by molar-refractivity contribution is 5.75. The fourth-order valence-corrected chi connectivity index (χ4v) is 1.69. The van der Waals surface area contributed by atoms with E-state index < -0.39 is 6.03 Å². The molecule has 0 saturated carbocycles. The Morgan fingerprint density at radius 1 is 0.773 bits per heavy atom. The molecule has 116 valence electrons. The first-order chi connectivity index (χ1) is 10.7. The highest BCUT2D eigenvalue weighted by Gasteiger charge is 2.22. The van der Waals surface area contributed by atoms with Crippen LogP contribution in [0, 0.1) is 0 Å². The Bertz CT molecular complexity index is 528. The molecular formula is C15H18N4O3. The van der Waals surface area contributed by atoms with Crippen LogP contribution in [0.15, 0.2) is 60.7 Å². The molecule has 0 atom stereocenters. The lowest BCUT2D eigenvalue weighted by atomic mass is 10.3. The van der Waals surface area contributed by atoms with Gasteiger partial charge in [0.25, 0.3) is 0 Å². The van der Waals surface area contributed by atoms with Crippen molar-refractivity contribution < 1.29 is 14.5 Å². The average molecular weight is 302 g/mol. The predicted octanol–water partition coefficient (Wildman–Crippen LogP) is 2.89. The van der Waals surface area contributed by atoms with E-state index in [1.54, 1.807) is 24.3 Å². The second kappa shape index (κ2) is 7.87. The van der Waals surface area contributed by atoms with Crippen molar-refractivity contribution >= 4 is 17.4 Å². The summed E-state index contributed by atoms with van der Waals surface area (Å²) >= 11 is 0. The molecule has 0 aromatic heterocycles. The van der Waals surface area contributed by atoms with E-state index in [-0.39, 0.29) is 0 Å². The largest absolute Gasteiger partial charge is 0.407 e. The van der Waals surface area contributed by atoms with Gasteiger partial charge in [0.1, 0.15) is 0 Å². The van der Waals surface area contributed by atoms with Crippen molar-refractivity contribution in [3.63, 3.8) is 0 Å². The number of hydrogen-bond donors (Lipinski definition) is 2. The topological polar surface area (TPSA) is 66.1 Å². The van der Waals surface area contributed by atoms with Gasteiger partial charge in [0, 0.05) is 0 Å². The summed E-state index contributed by atoms with van der Waals surface area (Å²) in [5.41, 5.74) is 7.06. The van der Waals surface area contributed by atoms with E-state index in [1.165, 1.54) is 14.2 Å². The third-order valence-electron chi connectivity index (χ3n) is 2.72. The van der Waals surface area contributed by atoms with Crippen molar-refractivity contribution in [1.29, 1.82) is 0 Å². The van der Waals surface area contributed by atoms with Gasteiger partial charge in [0.15, 0.2) is 0 Å². The maximum atomic E-state index is 12.4. The Hall–Kier alpha value is -2.77. The average Bonchev–Trinajstić information content (AvgIpc) is 2.59. The third-order valence-corrected chi connectivity index (χ3v) is 2.72. The molecule has 0 aliphatic carbocycles. The van der Waals surface area contributed by atoms with Gasteiger partial charge in [0.05, 0.1) is 25.6 Å². The lowest BCUT2D eigenvalue weighted by Gasteiger charge is -2.27. The zero-order chi connectivity index (χ0) is 15.8. The van der Waals surface area contributed by atoms with Crippen LogP contribution in [-0.2, 0) is 9.68 Å². The van der Waals surface area contributed by atoms with E-state index in [2.05, 4.69) is 10.9 Å². The van der Waals surface area contributed by atoms with Gasteiger partial charge < -0.3 is 0 Å². The van der Waals surface area contributed by atoms with Crippen LogP contribution in [-0.4, -0.2) is 30.6 Å². The van der Waals surface area contributed by atoms with Crippen molar-refractivity contribution in [3.05, 3.63) is 60.7 Å². The molecule has 0 bridgehead atoms. The van der Waals surface area contributed by atoms with Crippen LogP contribution in [0.4, 0.5) is 16.2 Å². The number of carbonyl (C=O) groups is 1. The fraction of sp³-hybridized carbons (Fsp3) is 0.133. The highest BCUT2D eigenvalue weighted by atomic mass is 16.8. The summed E-state index contributed by atoms with van der Waals surface area (Å²) < 4.78 is 0. The summed E-state index contributed by atoms with van der Waals surface area (Å²) in [5.74, 6) is 0. The van der Waals surface area contributed by atoms with Crippen LogP contribution in [0.25, 0.3) is 0 Å². The molecule has 2 aromatic carbocycles. The lowest BCUT2D eigenvalue weighted by molar-refractivity contribution is -0.133. The normalized spacial score (nSPS) is 9.91. The van der Waals surface area contributed by atoms with Crippen molar-refractivity contribution in [2.24, 2.45) is 0 Å². The van der Waals surface area contributed by atoms with Gasteiger partial charge in [-0.2, -0.15) is 0 Å². The second-order valence-electron chi connectivity index (χ2n) is 4.19. The summed E-state index contributed by atoms with van der Waals surface area (Å²) in [5, 5.41) is 1.91. The van der Waals surface area contributed by atoms with E-state index in [0.717, 1.165) is 10.3 Å². The zero-order valence-corrected chi connectivity index (χ0v) is 12.4. The number of para-hydroxylation sites is 2. The number of benzene rings is 2. The van der Waals surface area contributed by atoms with Gasteiger partial charge in [-0.15, -0.1) is 10.3 Å². The molecule has 2 aromatic rings. The minimum absolute atomic E-state index is 0.572. The molecule has 0 heterocycles. The number of nitrogens with one attached hydrogen (secondary N) is 2. The maximum absolute atomic E-state index is 12.4. The predicted molar refractivity (Wildman–Crippen MR) is 83.2 cm³/mol. The Morgan fingerprint density at radius 2 is 1.14 bits per heavy atom.